The first kappa shape index (κ1) is 96.5. The summed E-state index contributed by atoms with van der Waals surface area (Å²) in [5.74, 6) is 0. The minimum atomic E-state index is -4.67. The molecule has 0 radical (unpaired) electrons. The average Bonchev–Trinajstić information content (AvgIpc) is 2.34. The molecule has 0 heterocycles. The first-order chi connectivity index (χ1) is 20.0. The minimum absolute atomic E-state index is 0. The fourth-order valence-corrected chi connectivity index (χ4v) is 0. The Morgan fingerprint density at radius 1 is 0.148 bits per heavy atom. The maximum atomic E-state index is 8.74. The first-order valence-corrected chi connectivity index (χ1v) is 21.0. The van der Waals surface area contributed by atoms with Crippen LogP contribution in [0.15, 0.2) is 0 Å². The molecule has 0 saturated heterocycles. The van der Waals surface area contributed by atoms with E-state index in [1.807, 2.05) is 0 Å². The van der Waals surface area contributed by atoms with Crippen molar-refractivity contribution in [2.45, 2.75) is 0 Å². The third-order valence-corrected chi connectivity index (χ3v) is 0. The molecular weight excluding hydrogens is 1050 g/mol. The number of hydrogen-bond acceptors (Lipinski definition) is 20. The van der Waals surface area contributed by atoms with Gasteiger partial charge in [-0.1, -0.05) is 0 Å². The summed E-state index contributed by atoms with van der Waals surface area (Å²) in [5, 5.41) is 0. The topological polar surface area (TPSA) is 746 Å². The largest absolute Gasteiger partial charge is 1.00 e. The Kier molecular flexibility index (Phi) is 75.7. The van der Waals surface area contributed by atoms with E-state index in [2.05, 4.69) is 0 Å². The van der Waals surface area contributed by atoms with E-state index < -0.39 is 104 Å². The van der Waals surface area contributed by atoms with E-state index in [-0.39, 0.29) is 124 Å². The zero-order chi connectivity index (χ0) is 45.0. The van der Waals surface area contributed by atoms with E-state index in [1.165, 1.54) is 0 Å². The quantitative estimate of drug-likeness (QED) is 0.0791. The summed E-state index contributed by atoms with van der Waals surface area (Å²) in [4.78, 5) is 0. The molecule has 0 fully saturated rings. The van der Waals surface area contributed by atoms with E-state index in [9.17, 15) is 0 Å². The molecule has 0 amide bonds. The van der Waals surface area contributed by atoms with Gasteiger partial charge in [0.05, 0.1) is 0 Å². The van der Waals surface area contributed by atoms with Crippen LogP contribution in [-0.2, 0) is 104 Å². The Hall–Kier alpha value is 2.70. The number of rotatable bonds is 0. The molecule has 0 saturated carbocycles. The Morgan fingerprint density at radius 2 is 0.148 bits per heavy atom. The van der Waals surface area contributed by atoms with Crippen LogP contribution in [0.2, 0.25) is 0 Å². The average molecular weight is 1080 g/mol. The van der Waals surface area contributed by atoms with E-state index in [0.717, 1.165) is 0 Å². The van der Waals surface area contributed by atoms with Crippen LogP contribution in [0.1, 0.15) is 5.71 Å². The van der Waals surface area contributed by atoms with E-state index in [0.29, 0.717) is 0 Å². The molecule has 0 unspecified atom stereocenters. The van der Waals surface area contributed by atoms with Crippen LogP contribution < -0.4 is 118 Å². The molecule has 0 atom stereocenters. The van der Waals surface area contributed by atoms with Gasteiger partial charge >= 0.3 is 222 Å². The van der Waals surface area contributed by atoms with E-state index >= 15 is 0 Å². The molecule has 0 aliphatic heterocycles. The van der Waals surface area contributed by atoms with Gasteiger partial charge in [0.2, 0.25) is 0 Å². The molecular formula is H24Na4O40S10. The second kappa shape index (κ2) is 42.4. The number of hydrogen-bond donors (Lipinski definition) is 20. The van der Waals surface area contributed by atoms with Gasteiger partial charge in [0, 0.05) is 0 Å². The third-order valence-electron chi connectivity index (χ3n) is 0. The molecule has 0 aromatic carbocycles. The zero-order valence-electron chi connectivity index (χ0n) is 29.2. The van der Waals surface area contributed by atoms with Gasteiger partial charge in [-0.05, 0) is 0 Å². The van der Waals surface area contributed by atoms with Gasteiger partial charge in [0.1, 0.15) is 0 Å². The van der Waals surface area contributed by atoms with Crippen molar-refractivity contribution in [1.29, 1.82) is 0 Å². The second-order valence-corrected chi connectivity index (χ2v) is 13.4. The standard InChI is InChI=1S/4Na.10H2O4S.4H/c;;;;10*1-5(2,3)4;;;;/h;;;;10*(H2,1,2,3,4);;;;/q4*+1;;;;;;;;;;;4*-1. The van der Waals surface area contributed by atoms with Crippen molar-refractivity contribution in [2.75, 3.05) is 0 Å². The third kappa shape index (κ3) is 21600. The molecule has 40 nitrogen and oxygen atoms in total. The Bertz CT molecular complexity index is 1410. The van der Waals surface area contributed by atoms with Crippen LogP contribution in [-0.4, -0.2) is 175 Å². The summed E-state index contributed by atoms with van der Waals surface area (Å²) in [5.41, 5.74) is 0. The van der Waals surface area contributed by atoms with Crippen molar-refractivity contribution in [2.24, 2.45) is 0 Å². The fourth-order valence-electron chi connectivity index (χ4n) is 0. The minimum Gasteiger partial charge on any atom is -1.00 e. The summed E-state index contributed by atoms with van der Waals surface area (Å²) in [6.45, 7) is 0. The summed E-state index contributed by atoms with van der Waals surface area (Å²) in [6.07, 6.45) is 0. The predicted octanol–water partition coefficient (Wildman–Crippen LogP) is -18.1. The van der Waals surface area contributed by atoms with Crippen molar-refractivity contribution >= 4 is 104 Å². The summed E-state index contributed by atoms with van der Waals surface area (Å²) in [6, 6.07) is 0. The van der Waals surface area contributed by atoms with Gasteiger partial charge in [0.15, 0.2) is 0 Å². The van der Waals surface area contributed by atoms with Gasteiger partial charge in [0.25, 0.3) is 0 Å². The first-order valence-electron chi connectivity index (χ1n) is 6.98. The summed E-state index contributed by atoms with van der Waals surface area (Å²) >= 11 is 0. The van der Waals surface area contributed by atoms with Gasteiger partial charge in [-0.15, -0.1) is 0 Å². The van der Waals surface area contributed by atoms with Crippen LogP contribution in [0.4, 0.5) is 0 Å². The van der Waals surface area contributed by atoms with Crippen molar-refractivity contribution in [1.82, 2.24) is 0 Å². The van der Waals surface area contributed by atoms with Crippen LogP contribution in [0.25, 0.3) is 0 Å². The maximum Gasteiger partial charge on any atom is 1.00 e. The maximum absolute atomic E-state index is 8.74. The van der Waals surface area contributed by atoms with Gasteiger partial charge in [-0.25, -0.2) is 0 Å². The molecule has 0 aromatic heterocycles. The second-order valence-electron chi connectivity index (χ2n) is 4.48. The molecule has 0 spiro atoms. The van der Waals surface area contributed by atoms with Crippen molar-refractivity contribution in [3.63, 3.8) is 0 Å². The van der Waals surface area contributed by atoms with Crippen molar-refractivity contribution in [3.8, 4) is 0 Å². The SMILES string of the molecule is O=S(=O)(O)O.O=S(=O)(O)O.O=S(=O)(O)O.O=S(=O)(O)O.O=S(=O)(O)O.O=S(=O)(O)O.O=S(=O)(O)O.O=S(=O)(O)O.O=S(=O)(O)O.O=S(=O)(O)O.[H-].[H-].[H-].[H-].[Na+].[Na+].[Na+].[Na+]. The summed E-state index contributed by atoms with van der Waals surface area (Å²) in [7, 11) is -46.7. The van der Waals surface area contributed by atoms with Crippen LogP contribution in [0, 0.1) is 0 Å². The normalized spacial score (nSPS) is 10.7. The van der Waals surface area contributed by atoms with Crippen LogP contribution in [0.3, 0.4) is 0 Å². The van der Waals surface area contributed by atoms with E-state index in [4.69, 9.17) is 175 Å². The van der Waals surface area contributed by atoms with Gasteiger partial charge < -0.3 is 5.71 Å². The smallest absolute Gasteiger partial charge is 1.00 e. The van der Waals surface area contributed by atoms with Crippen molar-refractivity contribution < 1.29 is 299 Å². The van der Waals surface area contributed by atoms with E-state index in [1.54, 1.807) is 0 Å². The molecule has 0 aliphatic carbocycles. The molecule has 0 bridgehead atoms. The van der Waals surface area contributed by atoms with Gasteiger partial charge in [-0.3, -0.25) is 91.1 Å². The summed E-state index contributed by atoms with van der Waals surface area (Å²) < 4.78 is 316. The molecule has 0 rings (SSSR count). The van der Waals surface area contributed by atoms with Crippen molar-refractivity contribution in [3.05, 3.63) is 0 Å². The molecule has 54 heavy (non-hydrogen) atoms. The Labute approximate surface area is 397 Å². The van der Waals surface area contributed by atoms with Gasteiger partial charge in [-0.2, -0.15) is 84.2 Å². The molecule has 328 valence electrons. The zero-order valence-corrected chi connectivity index (χ0v) is 41.4. The Morgan fingerprint density at radius 3 is 0.148 bits per heavy atom. The van der Waals surface area contributed by atoms with Crippen LogP contribution >= 0.6 is 0 Å². The molecule has 54 heteroatoms. The fraction of sp³-hybridized carbons (Fsp3) is 0. The molecule has 0 aromatic rings. The molecule has 20 N–H and O–H groups in total. The monoisotopic (exact) mass is 1080 g/mol. The van der Waals surface area contributed by atoms with Crippen LogP contribution in [0.5, 0.6) is 0 Å². The molecule has 0 aliphatic rings. The predicted molar refractivity (Wildman–Crippen MR) is 146 cm³/mol. The Balaban J connectivity index is -0.0000000189.